The lowest BCUT2D eigenvalue weighted by Gasteiger charge is -2.09. The van der Waals surface area contributed by atoms with Crippen molar-refractivity contribution in [2.45, 2.75) is 26.7 Å². The predicted molar refractivity (Wildman–Crippen MR) is 74.2 cm³/mol. The third-order valence-corrected chi connectivity index (χ3v) is 2.67. The number of nitrogens with zero attached hydrogens (tertiary/aromatic N) is 1. The van der Waals surface area contributed by atoms with Crippen molar-refractivity contribution >= 4 is 17.3 Å². The molecule has 0 bridgehead atoms. The van der Waals surface area contributed by atoms with Crippen LogP contribution in [0.3, 0.4) is 0 Å². The van der Waals surface area contributed by atoms with E-state index in [1.54, 1.807) is 19.1 Å². The number of nitro groups is 1. The molecular formula is C13H19N3O3. The summed E-state index contributed by atoms with van der Waals surface area (Å²) in [5.74, 6) is -0.0504. The fraction of sp³-hybridized carbons (Fsp3) is 0.462. The van der Waals surface area contributed by atoms with E-state index in [4.69, 9.17) is 0 Å². The molecule has 0 saturated carbocycles. The molecular weight excluding hydrogens is 246 g/mol. The van der Waals surface area contributed by atoms with Crippen molar-refractivity contribution in [2.75, 3.05) is 18.4 Å². The van der Waals surface area contributed by atoms with Crippen molar-refractivity contribution in [1.29, 1.82) is 0 Å². The summed E-state index contributed by atoms with van der Waals surface area (Å²) in [7, 11) is 0. The number of benzene rings is 1. The first-order valence-electron chi connectivity index (χ1n) is 6.30. The summed E-state index contributed by atoms with van der Waals surface area (Å²) in [5.41, 5.74) is 1.31. The van der Waals surface area contributed by atoms with Crippen molar-refractivity contribution in [1.82, 2.24) is 5.32 Å². The molecule has 0 aliphatic heterocycles. The Kier molecular flexibility index (Phi) is 5.78. The van der Waals surface area contributed by atoms with Crippen LogP contribution in [0.1, 0.15) is 25.3 Å². The summed E-state index contributed by atoms with van der Waals surface area (Å²) >= 11 is 0. The number of hydrogen-bond acceptors (Lipinski definition) is 4. The van der Waals surface area contributed by atoms with Crippen molar-refractivity contribution < 1.29 is 9.72 Å². The van der Waals surface area contributed by atoms with E-state index >= 15 is 0 Å². The second kappa shape index (κ2) is 7.35. The molecule has 6 heteroatoms. The van der Waals surface area contributed by atoms with Gasteiger partial charge in [0.05, 0.1) is 4.92 Å². The van der Waals surface area contributed by atoms with E-state index in [0.29, 0.717) is 25.2 Å². The lowest BCUT2D eigenvalue weighted by Crippen LogP contribution is -2.26. The van der Waals surface area contributed by atoms with Gasteiger partial charge in [0, 0.05) is 25.6 Å². The number of carbonyl (C=O) groups is 1. The van der Waals surface area contributed by atoms with Crippen LogP contribution in [0.5, 0.6) is 0 Å². The Hall–Kier alpha value is -2.11. The average molecular weight is 265 g/mol. The lowest BCUT2D eigenvalue weighted by molar-refractivity contribution is -0.384. The number of nitrogens with one attached hydrogen (secondary N) is 2. The van der Waals surface area contributed by atoms with Crippen LogP contribution in [-0.4, -0.2) is 23.9 Å². The summed E-state index contributed by atoms with van der Waals surface area (Å²) in [6.45, 7) is 4.81. The van der Waals surface area contributed by atoms with Gasteiger partial charge < -0.3 is 10.6 Å². The highest BCUT2D eigenvalue weighted by Gasteiger charge is 2.14. The summed E-state index contributed by atoms with van der Waals surface area (Å²) in [4.78, 5) is 21.9. The second-order valence-electron chi connectivity index (χ2n) is 4.25. The SMILES string of the molecule is CCCNC(=O)CCNc1c(C)cccc1[N+](=O)[O-]. The number of aryl methyl sites for hydroxylation is 1. The molecule has 6 nitrogen and oxygen atoms in total. The van der Waals surface area contributed by atoms with E-state index < -0.39 is 4.92 Å². The Balaban J connectivity index is 2.58. The number of hydrogen-bond donors (Lipinski definition) is 2. The zero-order valence-electron chi connectivity index (χ0n) is 11.2. The van der Waals surface area contributed by atoms with Gasteiger partial charge in [0.25, 0.3) is 5.69 Å². The van der Waals surface area contributed by atoms with Crippen LogP contribution in [0.4, 0.5) is 11.4 Å². The number of amides is 1. The molecule has 1 amide bonds. The molecule has 1 rings (SSSR count). The van der Waals surface area contributed by atoms with Gasteiger partial charge in [-0.05, 0) is 18.9 Å². The van der Waals surface area contributed by atoms with Crippen molar-refractivity contribution in [3.05, 3.63) is 33.9 Å². The minimum atomic E-state index is -0.424. The molecule has 0 spiro atoms. The Morgan fingerprint density at radius 3 is 2.74 bits per heavy atom. The number of rotatable bonds is 7. The van der Waals surface area contributed by atoms with Gasteiger partial charge >= 0.3 is 0 Å². The van der Waals surface area contributed by atoms with Gasteiger partial charge in [-0.25, -0.2) is 0 Å². The first-order chi connectivity index (χ1) is 9.06. The molecule has 0 aliphatic carbocycles. The van der Waals surface area contributed by atoms with E-state index in [1.165, 1.54) is 6.07 Å². The first-order valence-corrected chi connectivity index (χ1v) is 6.30. The fourth-order valence-electron chi connectivity index (χ4n) is 1.69. The standard InChI is InChI=1S/C13H19N3O3/c1-3-8-14-12(17)7-9-15-13-10(2)5-4-6-11(13)16(18)19/h4-6,15H,3,7-9H2,1-2H3,(H,14,17). The van der Waals surface area contributed by atoms with Gasteiger partial charge in [-0.15, -0.1) is 0 Å². The summed E-state index contributed by atoms with van der Waals surface area (Å²) in [6, 6.07) is 4.89. The summed E-state index contributed by atoms with van der Waals surface area (Å²) in [6.07, 6.45) is 1.19. The monoisotopic (exact) mass is 265 g/mol. The maximum atomic E-state index is 11.4. The molecule has 1 aromatic carbocycles. The quantitative estimate of drug-likeness (QED) is 0.585. The molecule has 0 atom stereocenters. The van der Waals surface area contributed by atoms with Crippen LogP contribution in [0.2, 0.25) is 0 Å². The normalized spacial score (nSPS) is 10.0. The van der Waals surface area contributed by atoms with E-state index in [-0.39, 0.29) is 11.6 Å². The fourth-order valence-corrected chi connectivity index (χ4v) is 1.69. The van der Waals surface area contributed by atoms with Crippen LogP contribution in [-0.2, 0) is 4.79 Å². The Morgan fingerprint density at radius 2 is 2.11 bits per heavy atom. The topological polar surface area (TPSA) is 84.3 Å². The van der Waals surface area contributed by atoms with Crippen molar-refractivity contribution in [3.8, 4) is 0 Å². The molecule has 0 fully saturated rings. The van der Waals surface area contributed by atoms with E-state index in [0.717, 1.165) is 12.0 Å². The number of para-hydroxylation sites is 1. The molecule has 0 saturated heterocycles. The van der Waals surface area contributed by atoms with Gasteiger partial charge in [-0.2, -0.15) is 0 Å². The molecule has 1 aromatic rings. The smallest absolute Gasteiger partial charge is 0.292 e. The van der Waals surface area contributed by atoms with Gasteiger partial charge in [0.15, 0.2) is 0 Å². The van der Waals surface area contributed by atoms with Crippen LogP contribution in [0.25, 0.3) is 0 Å². The third kappa shape index (κ3) is 4.57. The molecule has 104 valence electrons. The number of anilines is 1. The van der Waals surface area contributed by atoms with Crippen molar-refractivity contribution in [2.24, 2.45) is 0 Å². The highest BCUT2D eigenvalue weighted by molar-refractivity contribution is 5.76. The van der Waals surface area contributed by atoms with E-state index in [9.17, 15) is 14.9 Å². The number of carbonyl (C=O) groups excluding carboxylic acids is 1. The Morgan fingerprint density at radius 1 is 1.37 bits per heavy atom. The first kappa shape index (κ1) is 14.9. The van der Waals surface area contributed by atoms with Gasteiger partial charge in [-0.3, -0.25) is 14.9 Å². The Labute approximate surface area is 112 Å². The van der Waals surface area contributed by atoms with E-state index in [2.05, 4.69) is 10.6 Å². The molecule has 0 radical (unpaired) electrons. The minimum Gasteiger partial charge on any atom is -0.379 e. The second-order valence-corrected chi connectivity index (χ2v) is 4.25. The van der Waals surface area contributed by atoms with Crippen LogP contribution < -0.4 is 10.6 Å². The summed E-state index contributed by atoms with van der Waals surface area (Å²) in [5, 5.41) is 16.6. The van der Waals surface area contributed by atoms with Gasteiger partial charge in [-0.1, -0.05) is 19.1 Å². The third-order valence-electron chi connectivity index (χ3n) is 2.67. The van der Waals surface area contributed by atoms with Crippen molar-refractivity contribution in [3.63, 3.8) is 0 Å². The maximum absolute atomic E-state index is 11.4. The minimum absolute atomic E-state index is 0.0361. The largest absolute Gasteiger partial charge is 0.379 e. The molecule has 0 unspecified atom stereocenters. The molecule has 0 aromatic heterocycles. The van der Waals surface area contributed by atoms with Crippen LogP contribution in [0.15, 0.2) is 18.2 Å². The van der Waals surface area contributed by atoms with Gasteiger partial charge in [0.1, 0.15) is 5.69 Å². The lowest BCUT2D eigenvalue weighted by atomic mass is 10.1. The van der Waals surface area contributed by atoms with Gasteiger partial charge in [0.2, 0.25) is 5.91 Å². The zero-order valence-corrected chi connectivity index (χ0v) is 11.2. The van der Waals surface area contributed by atoms with Crippen LogP contribution in [0, 0.1) is 17.0 Å². The summed E-state index contributed by atoms with van der Waals surface area (Å²) < 4.78 is 0. The van der Waals surface area contributed by atoms with E-state index in [1.807, 2.05) is 6.92 Å². The average Bonchev–Trinajstić information content (AvgIpc) is 2.37. The molecule has 2 N–H and O–H groups in total. The highest BCUT2D eigenvalue weighted by Crippen LogP contribution is 2.27. The molecule has 0 aliphatic rings. The number of nitro benzene ring substituents is 1. The molecule has 19 heavy (non-hydrogen) atoms. The predicted octanol–water partition coefficient (Wildman–Crippen LogP) is 2.23. The Bertz CT molecular complexity index is 460. The highest BCUT2D eigenvalue weighted by atomic mass is 16.6. The maximum Gasteiger partial charge on any atom is 0.292 e. The zero-order chi connectivity index (χ0) is 14.3. The molecule has 0 heterocycles. The van der Waals surface area contributed by atoms with Crippen LogP contribution >= 0.6 is 0 Å².